The van der Waals surface area contributed by atoms with Crippen LogP contribution in [0.3, 0.4) is 0 Å². The van der Waals surface area contributed by atoms with E-state index < -0.39 is 5.97 Å². The molecule has 1 aliphatic heterocycles. The van der Waals surface area contributed by atoms with Crippen molar-refractivity contribution in [3.05, 3.63) is 54.6 Å². The predicted molar refractivity (Wildman–Crippen MR) is 75.1 cm³/mol. The second-order valence-electron chi connectivity index (χ2n) is 3.94. The van der Waals surface area contributed by atoms with E-state index >= 15 is 0 Å². The summed E-state index contributed by atoms with van der Waals surface area (Å²) in [6.45, 7) is 5.03. The molecule has 2 rings (SSSR count). The van der Waals surface area contributed by atoms with Gasteiger partial charge in [0.15, 0.2) is 0 Å². The molecule has 0 atom stereocenters. The van der Waals surface area contributed by atoms with Crippen LogP contribution < -0.4 is 4.90 Å². The zero-order valence-electron chi connectivity index (χ0n) is 11.1. The molecule has 0 aliphatic carbocycles. The Kier molecular flexibility index (Phi) is 5.41. The maximum atomic E-state index is 11.2. The number of benzene rings is 1. The van der Waals surface area contributed by atoms with Gasteiger partial charge in [-0.1, -0.05) is 31.7 Å². The molecule has 0 saturated carbocycles. The van der Waals surface area contributed by atoms with Gasteiger partial charge in [-0.3, -0.25) is 9.59 Å². The van der Waals surface area contributed by atoms with Crippen LogP contribution in [0, 0.1) is 0 Å². The van der Waals surface area contributed by atoms with Crippen molar-refractivity contribution in [2.75, 3.05) is 4.90 Å². The number of hydrogen-bond donors (Lipinski definition) is 1. The van der Waals surface area contributed by atoms with Crippen LogP contribution in [0.2, 0.25) is 0 Å². The van der Waals surface area contributed by atoms with E-state index in [1.807, 2.05) is 6.07 Å². The zero-order chi connectivity index (χ0) is 15.1. The fraction of sp³-hybridized carbons (Fsp3) is 0.133. The highest BCUT2D eigenvalue weighted by atomic mass is 16.4. The number of carbonyl (C=O) groups excluding carboxylic acids is 2. The SMILES string of the molecule is C=C(CC)C(=O)O.O=C1C=CC(=O)N1c1ccccc1. The van der Waals surface area contributed by atoms with Crippen molar-refractivity contribution >= 4 is 23.5 Å². The largest absolute Gasteiger partial charge is 0.478 e. The van der Waals surface area contributed by atoms with Crippen molar-refractivity contribution in [2.24, 2.45) is 0 Å². The average Bonchev–Trinajstić information content (AvgIpc) is 2.78. The number of nitrogens with zero attached hydrogens (tertiary/aromatic N) is 1. The molecule has 5 nitrogen and oxygen atoms in total. The average molecular weight is 273 g/mol. The molecule has 0 unspecified atom stereocenters. The van der Waals surface area contributed by atoms with Gasteiger partial charge in [-0.2, -0.15) is 0 Å². The number of carboxylic acid groups (broad SMARTS) is 1. The lowest BCUT2D eigenvalue weighted by Crippen LogP contribution is -2.29. The highest BCUT2D eigenvalue weighted by Crippen LogP contribution is 2.17. The third kappa shape index (κ3) is 3.91. The minimum absolute atomic E-state index is 0.264. The molecule has 0 aromatic heterocycles. The maximum absolute atomic E-state index is 11.2. The number of carbonyl (C=O) groups is 3. The van der Waals surface area contributed by atoms with Gasteiger partial charge in [-0.05, 0) is 18.6 Å². The second kappa shape index (κ2) is 7.04. The van der Waals surface area contributed by atoms with E-state index in [-0.39, 0.29) is 17.4 Å². The van der Waals surface area contributed by atoms with Crippen molar-refractivity contribution in [2.45, 2.75) is 13.3 Å². The van der Waals surface area contributed by atoms with Crippen LogP contribution in [0.4, 0.5) is 5.69 Å². The number of hydrogen-bond acceptors (Lipinski definition) is 3. The standard InChI is InChI=1S/C10H7NO2.C5H8O2/c12-9-6-7-10(13)11(9)8-4-2-1-3-5-8;1-3-4(2)5(6)7/h1-7H;2-3H2,1H3,(H,6,7). The summed E-state index contributed by atoms with van der Waals surface area (Å²) in [6.07, 6.45) is 3.07. The van der Waals surface area contributed by atoms with Crippen LogP contribution >= 0.6 is 0 Å². The third-order valence-corrected chi connectivity index (χ3v) is 2.55. The number of anilines is 1. The molecule has 0 bridgehead atoms. The van der Waals surface area contributed by atoms with E-state index in [2.05, 4.69) is 6.58 Å². The number of imide groups is 1. The molecule has 0 saturated heterocycles. The van der Waals surface area contributed by atoms with Crippen LogP contribution in [0.1, 0.15) is 13.3 Å². The molecule has 1 aromatic carbocycles. The molecule has 2 amide bonds. The normalized spacial score (nSPS) is 12.9. The first-order valence-electron chi connectivity index (χ1n) is 5.99. The molecular formula is C15H15NO4. The fourth-order valence-electron chi connectivity index (χ4n) is 1.38. The molecule has 1 aromatic rings. The minimum Gasteiger partial charge on any atom is -0.478 e. The van der Waals surface area contributed by atoms with Gasteiger partial charge in [0, 0.05) is 17.7 Å². The molecule has 0 radical (unpaired) electrons. The second-order valence-corrected chi connectivity index (χ2v) is 3.94. The topological polar surface area (TPSA) is 74.7 Å². The van der Waals surface area contributed by atoms with Gasteiger partial charge < -0.3 is 5.11 Å². The number of aliphatic carboxylic acids is 1. The highest BCUT2D eigenvalue weighted by molar-refractivity contribution is 6.28. The summed E-state index contributed by atoms with van der Waals surface area (Å²) in [5.41, 5.74) is 0.877. The predicted octanol–water partition coefficient (Wildman–Crippen LogP) is 2.15. The highest BCUT2D eigenvalue weighted by Gasteiger charge is 2.24. The summed E-state index contributed by atoms with van der Waals surface area (Å²) >= 11 is 0. The van der Waals surface area contributed by atoms with Crippen LogP contribution in [-0.4, -0.2) is 22.9 Å². The number of carboxylic acids is 1. The van der Waals surface area contributed by atoms with Crippen LogP contribution in [0.15, 0.2) is 54.6 Å². The summed E-state index contributed by atoms with van der Waals surface area (Å²) < 4.78 is 0. The molecule has 1 heterocycles. The van der Waals surface area contributed by atoms with Crippen molar-refractivity contribution in [3.8, 4) is 0 Å². The summed E-state index contributed by atoms with van der Waals surface area (Å²) in [7, 11) is 0. The van der Waals surface area contributed by atoms with Gasteiger partial charge in [-0.15, -0.1) is 0 Å². The Morgan fingerprint density at radius 1 is 1.15 bits per heavy atom. The van der Waals surface area contributed by atoms with Gasteiger partial charge in [0.1, 0.15) is 0 Å². The third-order valence-electron chi connectivity index (χ3n) is 2.55. The Hall–Kier alpha value is -2.69. The number of rotatable bonds is 3. The van der Waals surface area contributed by atoms with Crippen molar-refractivity contribution in [1.29, 1.82) is 0 Å². The molecule has 5 heteroatoms. The lowest BCUT2D eigenvalue weighted by atomic mass is 10.2. The lowest BCUT2D eigenvalue weighted by molar-refractivity contribution is -0.132. The van der Waals surface area contributed by atoms with Gasteiger partial charge in [0.25, 0.3) is 11.8 Å². The van der Waals surface area contributed by atoms with E-state index in [1.165, 1.54) is 12.2 Å². The van der Waals surface area contributed by atoms with E-state index in [0.717, 1.165) is 4.90 Å². The Morgan fingerprint density at radius 2 is 1.65 bits per heavy atom. The van der Waals surface area contributed by atoms with Gasteiger partial charge >= 0.3 is 5.97 Å². The van der Waals surface area contributed by atoms with E-state index in [9.17, 15) is 14.4 Å². The first-order valence-corrected chi connectivity index (χ1v) is 5.99. The monoisotopic (exact) mass is 273 g/mol. The summed E-state index contributed by atoms with van der Waals surface area (Å²) in [5.74, 6) is -1.46. The zero-order valence-corrected chi connectivity index (χ0v) is 11.1. The first-order chi connectivity index (χ1) is 9.47. The van der Waals surface area contributed by atoms with Crippen LogP contribution in [-0.2, 0) is 14.4 Å². The molecular weight excluding hydrogens is 258 g/mol. The lowest BCUT2D eigenvalue weighted by Gasteiger charge is -2.12. The van der Waals surface area contributed by atoms with E-state index in [0.29, 0.717) is 12.1 Å². The number of para-hydroxylation sites is 1. The quantitative estimate of drug-likeness (QED) is 0.676. The first kappa shape index (κ1) is 15.4. The maximum Gasteiger partial charge on any atom is 0.330 e. The fourth-order valence-corrected chi connectivity index (χ4v) is 1.38. The van der Waals surface area contributed by atoms with Crippen LogP contribution in [0.25, 0.3) is 0 Å². The van der Waals surface area contributed by atoms with Crippen molar-refractivity contribution in [1.82, 2.24) is 0 Å². The smallest absolute Gasteiger partial charge is 0.330 e. The minimum atomic E-state index is -0.900. The Morgan fingerprint density at radius 3 is 2.00 bits per heavy atom. The Balaban J connectivity index is 0.000000246. The van der Waals surface area contributed by atoms with Gasteiger partial charge in [0.2, 0.25) is 0 Å². The van der Waals surface area contributed by atoms with Gasteiger partial charge in [0.05, 0.1) is 5.69 Å². The van der Waals surface area contributed by atoms with Gasteiger partial charge in [-0.25, -0.2) is 9.69 Å². The van der Waals surface area contributed by atoms with Crippen LogP contribution in [0.5, 0.6) is 0 Å². The summed E-state index contributed by atoms with van der Waals surface area (Å²) in [5, 5.41) is 8.08. The van der Waals surface area contributed by atoms with E-state index in [1.54, 1.807) is 31.2 Å². The molecule has 0 fully saturated rings. The van der Waals surface area contributed by atoms with Crippen molar-refractivity contribution < 1.29 is 19.5 Å². The molecule has 1 N–H and O–H groups in total. The molecule has 20 heavy (non-hydrogen) atoms. The Labute approximate surface area is 116 Å². The number of amides is 2. The molecule has 1 aliphatic rings. The molecule has 104 valence electrons. The summed E-state index contributed by atoms with van der Waals surface area (Å²) in [6, 6.07) is 8.86. The van der Waals surface area contributed by atoms with E-state index in [4.69, 9.17) is 5.11 Å². The van der Waals surface area contributed by atoms with Crippen molar-refractivity contribution in [3.63, 3.8) is 0 Å². The summed E-state index contributed by atoms with van der Waals surface area (Å²) in [4.78, 5) is 33.4. The Bertz CT molecular complexity index is 542. The molecule has 0 spiro atoms.